The molecule has 4 nitrogen and oxygen atoms in total. The summed E-state index contributed by atoms with van der Waals surface area (Å²) in [4.78, 5) is 0. The van der Waals surface area contributed by atoms with Gasteiger partial charge in [-0.2, -0.15) is 13.2 Å². The second-order valence-corrected chi connectivity index (χ2v) is 4.68. The van der Waals surface area contributed by atoms with Crippen molar-refractivity contribution in [2.75, 3.05) is 5.32 Å². The molecule has 1 aromatic carbocycles. The highest BCUT2D eigenvalue weighted by molar-refractivity contribution is 6.31. The van der Waals surface area contributed by atoms with Gasteiger partial charge in [-0.05, 0) is 25.1 Å². The lowest BCUT2D eigenvalue weighted by Crippen LogP contribution is -2.09. The maximum Gasteiger partial charge on any atom is 0.417 e. The van der Waals surface area contributed by atoms with Crippen LogP contribution < -0.4 is 5.32 Å². The van der Waals surface area contributed by atoms with Crippen LogP contribution in [0.4, 0.5) is 18.9 Å². The summed E-state index contributed by atoms with van der Waals surface area (Å²) in [6.45, 7) is 2.07. The molecule has 0 saturated carbocycles. The number of alkyl halides is 3. The molecule has 0 amide bonds. The maximum absolute atomic E-state index is 12.7. The molecule has 108 valence electrons. The van der Waals surface area contributed by atoms with Crippen LogP contribution in [0.2, 0.25) is 5.02 Å². The van der Waals surface area contributed by atoms with Crippen molar-refractivity contribution in [3.63, 3.8) is 0 Å². The molecule has 8 heteroatoms. The van der Waals surface area contributed by atoms with Gasteiger partial charge in [-0.3, -0.25) is 0 Å². The largest absolute Gasteiger partial charge is 0.417 e. The van der Waals surface area contributed by atoms with Crippen LogP contribution in [0.5, 0.6) is 0 Å². The minimum absolute atomic E-state index is 0.274. The summed E-state index contributed by atoms with van der Waals surface area (Å²) in [5.41, 5.74) is -0.541. The van der Waals surface area contributed by atoms with Gasteiger partial charge >= 0.3 is 6.18 Å². The van der Waals surface area contributed by atoms with E-state index in [9.17, 15) is 13.2 Å². The standard InChI is InChI=1S/C12H12ClF3N4/c1-7-18-19-11(20(7)2)6-17-8-3-4-10(13)9(5-8)12(14,15)16/h3-5,17H,6H2,1-2H3. The molecule has 0 aliphatic heterocycles. The third kappa shape index (κ3) is 3.04. The number of nitrogens with one attached hydrogen (secondary N) is 1. The predicted molar refractivity (Wildman–Crippen MR) is 69.5 cm³/mol. The number of nitrogens with zero attached hydrogens (tertiary/aromatic N) is 3. The highest BCUT2D eigenvalue weighted by Gasteiger charge is 2.33. The maximum atomic E-state index is 12.7. The molecular weight excluding hydrogens is 293 g/mol. The number of rotatable bonds is 3. The van der Waals surface area contributed by atoms with Crippen molar-refractivity contribution in [2.45, 2.75) is 19.6 Å². The van der Waals surface area contributed by atoms with Gasteiger partial charge in [0.15, 0.2) is 5.82 Å². The van der Waals surface area contributed by atoms with Crippen LogP contribution in [-0.4, -0.2) is 14.8 Å². The Hall–Kier alpha value is -1.76. The fourth-order valence-electron chi connectivity index (χ4n) is 1.64. The summed E-state index contributed by atoms with van der Waals surface area (Å²) < 4.78 is 39.9. The van der Waals surface area contributed by atoms with Crippen LogP contribution in [0, 0.1) is 6.92 Å². The van der Waals surface area contributed by atoms with Crippen LogP contribution in [0.25, 0.3) is 0 Å². The SMILES string of the molecule is Cc1nnc(CNc2ccc(Cl)c(C(F)(F)F)c2)n1C. The number of aromatic nitrogens is 3. The van der Waals surface area contributed by atoms with Crippen molar-refractivity contribution >= 4 is 17.3 Å². The van der Waals surface area contributed by atoms with Crippen LogP contribution >= 0.6 is 11.6 Å². The quantitative estimate of drug-likeness (QED) is 0.945. The zero-order chi connectivity index (χ0) is 14.9. The monoisotopic (exact) mass is 304 g/mol. The molecule has 0 aliphatic rings. The van der Waals surface area contributed by atoms with Crippen LogP contribution in [0.3, 0.4) is 0 Å². The Morgan fingerprint density at radius 3 is 2.55 bits per heavy atom. The first-order chi connectivity index (χ1) is 9.29. The first-order valence-electron chi connectivity index (χ1n) is 5.74. The third-order valence-electron chi connectivity index (χ3n) is 2.91. The van der Waals surface area contributed by atoms with Crippen molar-refractivity contribution in [3.05, 3.63) is 40.4 Å². The molecule has 20 heavy (non-hydrogen) atoms. The number of hydrogen-bond donors (Lipinski definition) is 1. The second-order valence-electron chi connectivity index (χ2n) is 4.27. The Bertz CT molecular complexity index is 622. The van der Waals surface area contributed by atoms with E-state index >= 15 is 0 Å². The molecule has 0 spiro atoms. The molecule has 0 bridgehead atoms. The van der Waals surface area contributed by atoms with Gasteiger partial charge < -0.3 is 9.88 Å². The minimum Gasteiger partial charge on any atom is -0.378 e. The van der Waals surface area contributed by atoms with Crippen LogP contribution in [0.15, 0.2) is 18.2 Å². The summed E-state index contributed by atoms with van der Waals surface area (Å²) >= 11 is 5.55. The van der Waals surface area contributed by atoms with Gasteiger partial charge in [0.25, 0.3) is 0 Å². The summed E-state index contributed by atoms with van der Waals surface area (Å²) in [5, 5.41) is 10.3. The Labute approximate surface area is 118 Å². The van der Waals surface area contributed by atoms with Gasteiger partial charge in [0.2, 0.25) is 0 Å². The molecule has 1 heterocycles. The number of aryl methyl sites for hydroxylation is 1. The van der Waals surface area contributed by atoms with Crippen molar-refractivity contribution in [3.8, 4) is 0 Å². The lowest BCUT2D eigenvalue weighted by Gasteiger charge is -2.12. The van der Waals surface area contributed by atoms with Gasteiger partial charge in [0.05, 0.1) is 17.1 Å². The summed E-state index contributed by atoms with van der Waals surface area (Å²) in [5.74, 6) is 1.36. The molecule has 0 aliphatic carbocycles. The topological polar surface area (TPSA) is 42.7 Å². The van der Waals surface area contributed by atoms with E-state index < -0.39 is 11.7 Å². The molecule has 0 atom stereocenters. The van der Waals surface area contributed by atoms with Gasteiger partial charge in [0.1, 0.15) is 5.82 Å². The summed E-state index contributed by atoms with van der Waals surface area (Å²) in [6, 6.07) is 3.68. The van der Waals surface area contributed by atoms with E-state index in [0.717, 1.165) is 11.9 Å². The smallest absolute Gasteiger partial charge is 0.378 e. The zero-order valence-corrected chi connectivity index (χ0v) is 11.5. The van der Waals surface area contributed by atoms with Crippen LogP contribution in [-0.2, 0) is 19.8 Å². The normalized spacial score (nSPS) is 11.7. The van der Waals surface area contributed by atoms with Crippen molar-refractivity contribution < 1.29 is 13.2 Å². The number of anilines is 1. The van der Waals surface area contributed by atoms with E-state index in [0.29, 0.717) is 11.5 Å². The predicted octanol–water partition coefficient (Wildman–Crippen LogP) is 3.41. The Morgan fingerprint density at radius 1 is 1.30 bits per heavy atom. The molecule has 0 saturated heterocycles. The van der Waals surface area contributed by atoms with E-state index in [4.69, 9.17) is 11.6 Å². The Balaban J connectivity index is 2.17. The highest BCUT2D eigenvalue weighted by atomic mass is 35.5. The third-order valence-corrected chi connectivity index (χ3v) is 3.23. The second kappa shape index (κ2) is 5.32. The van der Waals surface area contributed by atoms with Gasteiger partial charge in [-0.1, -0.05) is 11.6 Å². The number of halogens is 4. The average molecular weight is 305 g/mol. The fourth-order valence-corrected chi connectivity index (χ4v) is 1.86. The van der Waals surface area contributed by atoms with Gasteiger partial charge in [-0.15, -0.1) is 10.2 Å². The fraction of sp³-hybridized carbons (Fsp3) is 0.333. The van der Waals surface area contributed by atoms with E-state index in [-0.39, 0.29) is 11.6 Å². The van der Waals surface area contributed by atoms with E-state index in [1.807, 2.05) is 0 Å². The van der Waals surface area contributed by atoms with Crippen molar-refractivity contribution in [1.82, 2.24) is 14.8 Å². The molecule has 1 aromatic heterocycles. The van der Waals surface area contributed by atoms with E-state index in [2.05, 4.69) is 15.5 Å². The molecule has 2 aromatic rings. The molecule has 2 rings (SSSR count). The van der Waals surface area contributed by atoms with E-state index in [1.54, 1.807) is 18.5 Å². The van der Waals surface area contributed by atoms with Crippen LogP contribution in [0.1, 0.15) is 17.2 Å². The van der Waals surface area contributed by atoms with Crippen molar-refractivity contribution in [1.29, 1.82) is 0 Å². The average Bonchev–Trinajstić information content (AvgIpc) is 2.68. The number of hydrogen-bond acceptors (Lipinski definition) is 3. The Morgan fingerprint density at radius 2 is 2.00 bits per heavy atom. The molecule has 0 radical (unpaired) electrons. The first kappa shape index (κ1) is 14.6. The molecular formula is C12H12ClF3N4. The molecule has 0 unspecified atom stereocenters. The lowest BCUT2D eigenvalue weighted by atomic mass is 10.2. The number of benzene rings is 1. The zero-order valence-electron chi connectivity index (χ0n) is 10.8. The van der Waals surface area contributed by atoms with E-state index in [1.165, 1.54) is 12.1 Å². The molecule has 1 N–H and O–H groups in total. The molecule has 0 fully saturated rings. The summed E-state index contributed by atoms with van der Waals surface area (Å²) in [6.07, 6.45) is -4.48. The van der Waals surface area contributed by atoms with Crippen molar-refractivity contribution in [2.24, 2.45) is 7.05 Å². The summed E-state index contributed by atoms with van der Waals surface area (Å²) in [7, 11) is 1.79. The Kier molecular flexibility index (Phi) is 3.89. The highest BCUT2D eigenvalue weighted by Crippen LogP contribution is 2.36. The first-order valence-corrected chi connectivity index (χ1v) is 6.12. The minimum atomic E-state index is -4.48. The lowest BCUT2D eigenvalue weighted by molar-refractivity contribution is -0.137. The van der Waals surface area contributed by atoms with Gasteiger partial charge in [-0.25, -0.2) is 0 Å². The van der Waals surface area contributed by atoms with Gasteiger partial charge in [0, 0.05) is 12.7 Å².